The van der Waals surface area contributed by atoms with Gasteiger partial charge in [-0.25, -0.2) is 0 Å². The Morgan fingerprint density at radius 3 is 1.98 bits per heavy atom. The first-order valence-corrected chi connectivity index (χ1v) is 17.1. The van der Waals surface area contributed by atoms with E-state index in [0.29, 0.717) is 0 Å². The Morgan fingerprint density at radius 1 is 0.408 bits per heavy atom. The molecule has 1 aliphatic carbocycles. The molecule has 0 saturated carbocycles. The standard InChI is InChI=1S/C47H29ClO/c48-35-27-32(26-33(28-35)37-19-10-13-30-12-4-5-16-36(30)37)31-24-25-42-40(29-31)38-17-6-8-20-41(38)47(42,34-14-2-1-3-15-34)43-21-11-23-45-46(43)39-18-7-9-22-44(39)49-45/h1-29H. The second kappa shape index (κ2) is 10.8. The van der Waals surface area contributed by atoms with Crippen molar-refractivity contribution in [1.82, 2.24) is 0 Å². The number of hydrogen-bond donors (Lipinski definition) is 0. The molecule has 9 aromatic rings. The summed E-state index contributed by atoms with van der Waals surface area (Å²) in [6.07, 6.45) is 0. The molecule has 0 bridgehead atoms. The predicted molar refractivity (Wildman–Crippen MR) is 204 cm³/mol. The number of fused-ring (bicyclic) bond motifs is 7. The summed E-state index contributed by atoms with van der Waals surface area (Å²) in [6.45, 7) is 0. The summed E-state index contributed by atoms with van der Waals surface area (Å²) in [4.78, 5) is 0. The fourth-order valence-corrected chi connectivity index (χ4v) is 8.62. The van der Waals surface area contributed by atoms with Crippen molar-refractivity contribution in [2.75, 3.05) is 0 Å². The molecule has 1 atom stereocenters. The number of rotatable bonds is 4. The fourth-order valence-electron chi connectivity index (χ4n) is 8.38. The molecule has 0 amide bonds. The highest BCUT2D eigenvalue weighted by molar-refractivity contribution is 6.31. The molecule has 49 heavy (non-hydrogen) atoms. The molecule has 2 heteroatoms. The molecule has 0 aliphatic heterocycles. The van der Waals surface area contributed by atoms with Crippen LogP contribution in [-0.4, -0.2) is 0 Å². The lowest BCUT2D eigenvalue weighted by Crippen LogP contribution is -2.28. The Labute approximate surface area is 289 Å². The van der Waals surface area contributed by atoms with E-state index in [4.69, 9.17) is 16.0 Å². The molecule has 1 heterocycles. The smallest absolute Gasteiger partial charge is 0.135 e. The van der Waals surface area contributed by atoms with Crippen LogP contribution in [0.2, 0.25) is 5.02 Å². The van der Waals surface area contributed by atoms with Crippen molar-refractivity contribution in [3.8, 4) is 33.4 Å². The number of furan rings is 1. The van der Waals surface area contributed by atoms with Crippen LogP contribution >= 0.6 is 11.6 Å². The lowest BCUT2D eigenvalue weighted by Gasteiger charge is -2.34. The van der Waals surface area contributed by atoms with E-state index in [1.807, 2.05) is 6.07 Å². The highest BCUT2D eigenvalue weighted by Gasteiger charge is 2.47. The van der Waals surface area contributed by atoms with Crippen molar-refractivity contribution in [3.63, 3.8) is 0 Å². The van der Waals surface area contributed by atoms with Crippen LogP contribution in [0.4, 0.5) is 0 Å². The van der Waals surface area contributed by atoms with E-state index >= 15 is 0 Å². The summed E-state index contributed by atoms with van der Waals surface area (Å²) >= 11 is 6.89. The van der Waals surface area contributed by atoms with Crippen molar-refractivity contribution in [1.29, 1.82) is 0 Å². The second-order valence-corrected chi connectivity index (χ2v) is 13.4. The van der Waals surface area contributed by atoms with Crippen LogP contribution in [0.1, 0.15) is 22.3 Å². The van der Waals surface area contributed by atoms with Gasteiger partial charge in [0, 0.05) is 15.8 Å². The molecule has 0 saturated heterocycles. The molecule has 1 unspecified atom stereocenters. The first kappa shape index (κ1) is 28.2. The maximum absolute atomic E-state index is 6.89. The molecule has 0 radical (unpaired) electrons. The molecule has 0 spiro atoms. The average Bonchev–Trinajstić information content (AvgIpc) is 3.68. The van der Waals surface area contributed by atoms with Crippen LogP contribution in [0.5, 0.6) is 0 Å². The minimum Gasteiger partial charge on any atom is -0.456 e. The number of benzene rings is 8. The minimum atomic E-state index is -0.555. The van der Waals surface area contributed by atoms with Gasteiger partial charge in [0.2, 0.25) is 0 Å². The Morgan fingerprint density at radius 2 is 1.06 bits per heavy atom. The van der Waals surface area contributed by atoms with Crippen molar-refractivity contribution < 1.29 is 4.42 Å². The Hall–Kier alpha value is -5.89. The summed E-state index contributed by atoms with van der Waals surface area (Å²) in [5, 5.41) is 5.44. The normalized spacial score (nSPS) is 15.1. The number of halogens is 1. The van der Waals surface area contributed by atoms with Gasteiger partial charge >= 0.3 is 0 Å². The fraction of sp³-hybridized carbons (Fsp3) is 0.0213. The first-order valence-electron chi connectivity index (χ1n) is 16.7. The zero-order valence-electron chi connectivity index (χ0n) is 26.5. The van der Waals surface area contributed by atoms with E-state index in [9.17, 15) is 0 Å². The molecule has 8 aromatic carbocycles. The Bertz CT molecular complexity index is 2730. The van der Waals surface area contributed by atoms with E-state index in [2.05, 4.69) is 170 Å². The molecule has 0 N–H and O–H groups in total. The van der Waals surface area contributed by atoms with E-state index in [1.165, 1.54) is 49.7 Å². The van der Waals surface area contributed by atoms with Gasteiger partial charge in [0.15, 0.2) is 0 Å². The molecule has 10 rings (SSSR count). The topological polar surface area (TPSA) is 13.1 Å². The second-order valence-electron chi connectivity index (χ2n) is 13.0. The van der Waals surface area contributed by atoms with Crippen LogP contribution in [0.3, 0.4) is 0 Å². The van der Waals surface area contributed by atoms with Gasteiger partial charge < -0.3 is 4.42 Å². The van der Waals surface area contributed by atoms with E-state index in [-0.39, 0.29) is 0 Å². The number of para-hydroxylation sites is 1. The Kier molecular flexibility index (Phi) is 6.22. The van der Waals surface area contributed by atoms with Gasteiger partial charge in [-0.05, 0) is 103 Å². The average molecular weight is 645 g/mol. The van der Waals surface area contributed by atoms with Crippen molar-refractivity contribution in [2.24, 2.45) is 0 Å². The van der Waals surface area contributed by atoms with E-state index in [0.717, 1.165) is 43.7 Å². The summed E-state index contributed by atoms with van der Waals surface area (Å²) in [5.74, 6) is 0. The van der Waals surface area contributed by atoms with Gasteiger partial charge in [-0.1, -0.05) is 151 Å². The van der Waals surface area contributed by atoms with Gasteiger partial charge in [0.1, 0.15) is 11.2 Å². The largest absolute Gasteiger partial charge is 0.456 e. The third-order valence-electron chi connectivity index (χ3n) is 10.4. The van der Waals surface area contributed by atoms with Crippen LogP contribution in [0, 0.1) is 0 Å². The maximum Gasteiger partial charge on any atom is 0.135 e. The summed E-state index contributed by atoms with van der Waals surface area (Å²) < 4.78 is 6.46. The quantitative estimate of drug-likeness (QED) is 0.186. The van der Waals surface area contributed by atoms with Crippen LogP contribution in [0.25, 0.3) is 66.1 Å². The van der Waals surface area contributed by atoms with Gasteiger partial charge in [-0.2, -0.15) is 0 Å². The number of hydrogen-bond acceptors (Lipinski definition) is 1. The van der Waals surface area contributed by atoms with E-state index < -0.39 is 5.41 Å². The molecule has 1 nitrogen and oxygen atoms in total. The SMILES string of the molecule is Clc1cc(-c2ccc3c(c2)-c2ccccc2C3(c2ccccc2)c2cccc3oc4ccccc4c23)cc(-c2cccc3ccccc23)c1. The monoisotopic (exact) mass is 644 g/mol. The molecule has 230 valence electrons. The van der Waals surface area contributed by atoms with Gasteiger partial charge in [-0.3, -0.25) is 0 Å². The molecule has 1 aromatic heterocycles. The minimum absolute atomic E-state index is 0.555. The van der Waals surface area contributed by atoms with Crippen LogP contribution in [0.15, 0.2) is 180 Å². The third-order valence-corrected chi connectivity index (χ3v) is 10.6. The van der Waals surface area contributed by atoms with Crippen molar-refractivity contribution in [2.45, 2.75) is 5.41 Å². The van der Waals surface area contributed by atoms with Gasteiger partial charge in [-0.15, -0.1) is 0 Å². The summed E-state index contributed by atoms with van der Waals surface area (Å²) in [7, 11) is 0. The maximum atomic E-state index is 6.89. The summed E-state index contributed by atoms with van der Waals surface area (Å²) in [6, 6.07) is 63.2. The third kappa shape index (κ3) is 4.13. The van der Waals surface area contributed by atoms with Gasteiger partial charge in [0.05, 0.1) is 5.41 Å². The highest BCUT2D eigenvalue weighted by Crippen LogP contribution is 2.58. The van der Waals surface area contributed by atoms with Crippen LogP contribution < -0.4 is 0 Å². The molecular weight excluding hydrogens is 616 g/mol. The Balaban J connectivity index is 1.24. The predicted octanol–water partition coefficient (Wildman–Crippen LogP) is 13.1. The lowest BCUT2D eigenvalue weighted by atomic mass is 9.66. The molecule has 0 fully saturated rings. The highest BCUT2D eigenvalue weighted by atomic mass is 35.5. The first-order chi connectivity index (χ1) is 24.2. The van der Waals surface area contributed by atoms with Crippen molar-refractivity contribution >= 4 is 44.3 Å². The lowest BCUT2D eigenvalue weighted by molar-refractivity contribution is 0.667. The van der Waals surface area contributed by atoms with Crippen molar-refractivity contribution in [3.05, 3.63) is 203 Å². The molecule has 1 aliphatic rings. The van der Waals surface area contributed by atoms with E-state index in [1.54, 1.807) is 0 Å². The van der Waals surface area contributed by atoms with Crippen LogP contribution in [-0.2, 0) is 5.41 Å². The summed E-state index contributed by atoms with van der Waals surface area (Å²) in [5.41, 5.74) is 13.2. The van der Waals surface area contributed by atoms with Gasteiger partial charge in [0.25, 0.3) is 0 Å². The zero-order chi connectivity index (χ0) is 32.5. The zero-order valence-corrected chi connectivity index (χ0v) is 27.3. The molecular formula is C47H29ClO.